The molecule has 20 heavy (non-hydrogen) atoms. The summed E-state index contributed by atoms with van der Waals surface area (Å²) >= 11 is 4.57. The molecule has 0 bridgehead atoms. The van der Waals surface area contributed by atoms with Gasteiger partial charge in [-0.1, -0.05) is 29.3 Å². The number of halogens is 1. The van der Waals surface area contributed by atoms with E-state index in [1.54, 1.807) is 19.1 Å². The number of carboxylic acids is 1. The molecule has 1 aromatic rings. The van der Waals surface area contributed by atoms with Gasteiger partial charge < -0.3 is 10.4 Å². The summed E-state index contributed by atoms with van der Waals surface area (Å²) in [6, 6.07) is 4.94. The average molecular weight is 360 g/mol. The Bertz CT molecular complexity index is 493. The van der Waals surface area contributed by atoms with Gasteiger partial charge in [0.15, 0.2) is 0 Å². The van der Waals surface area contributed by atoms with Crippen LogP contribution in [0.2, 0.25) is 0 Å². The van der Waals surface area contributed by atoms with E-state index in [1.165, 1.54) is 17.8 Å². The van der Waals surface area contributed by atoms with Gasteiger partial charge in [-0.3, -0.25) is 4.79 Å². The topological polar surface area (TPSA) is 66.4 Å². The third-order valence-corrected chi connectivity index (χ3v) is 4.33. The Balaban J connectivity index is 2.74. The Labute approximate surface area is 131 Å². The zero-order chi connectivity index (χ0) is 15.1. The molecule has 1 rings (SSSR count). The quantitative estimate of drug-likeness (QED) is 0.577. The van der Waals surface area contributed by atoms with Crippen molar-refractivity contribution in [3.05, 3.63) is 28.2 Å². The number of carboxylic acid groups (broad SMARTS) is 1. The number of thioether (sulfide) groups is 1. The fraction of sp³-hybridized carbons (Fsp3) is 0.429. The van der Waals surface area contributed by atoms with Crippen LogP contribution < -0.4 is 5.32 Å². The highest BCUT2D eigenvalue weighted by Gasteiger charge is 2.18. The van der Waals surface area contributed by atoms with Gasteiger partial charge in [0.05, 0.1) is 10.8 Å². The first-order chi connectivity index (χ1) is 9.45. The van der Waals surface area contributed by atoms with Crippen LogP contribution in [0.3, 0.4) is 0 Å². The fourth-order valence-corrected chi connectivity index (χ4v) is 3.11. The van der Waals surface area contributed by atoms with Crippen LogP contribution >= 0.6 is 27.7 Å². The molecule has 0 fully saturated rings. The van der Waals surface area contributed by atoms with Gasteiger partial charge in [-0.05, 0) is 31.5 Å². The Morgan fingerprint density at radius 2 is 2.15 bits per heavy atom. The van der Waals surface area contributed by atoms with Crippen LogP contribution in [0.1, 0.15) is 37.0 Å². The molecule has 6 heteroatoms. The van der Waals surface area contributed by atoms with Gasteiger partial charge in [-0.2, -0.15) is 0 Å². The molecule has 1 atom stereocenters. The number of aromatic carboxylic acids is 1. The van der Waals surface area contributed by atoms with Gasteiger partial charge in [-0.15, -0.1) is 11.8 Å². The number of unbranched alkanes of at least 4 members (excludes halogenated alkanes) is 1. The molecule has 1 aromatic carbocycles. The standard InChI is InChI=1S/C14H18BrNO3S/c1-3-4-7-16-13(17)9(2)20-12-8-10(15)5-6-11(12)14(18)19/h5-6,8-9H,3-4,7H2,1-2H3,(H,16,17)(H,18,19). The van der Waals surface area contributed by atoms with E-state index in [0.717, 1.165) is 17.3 Å². The second-order valence-corrected chi connectivity index (χ2v) is 6.65. The van der Waals surface area contributed by atoms with Crippen molar-refractivity contribution >= 4 is 39.6 Å². The highest BCUT2D eigenvalue weighted by molar-refractivity contribution is 9.10. The van der Waals surface area contributed by atoms with Crippen LogP contribution in [0.4, 0.5) is 0 Å². The van der Waals surface area contributed by atoms with Crippen LogP contribution in [0.25, 0.3) is 0 Å². The first kappa shape index (κ1) is 17.0. The molecule has 0 saturated carbocycles. The average Bonchev–Trinajstić information content (AvgIpc) is 2.38. The highest BCUT2D eigenvalue weighted by atomic mass is 79.9. The van der Waals surface area contributed by atoms with E-state index in [0.29, 0.717) is 11.4 Å². The van der Waals surface area contributed by atoms with E-state index in [-0.39, 0.29) is 16.7 Å². The molecule has 0 heterocycles. The van der Waals surface area contributed by atoms with Crippen LogP contribution in [0, 0.1) is 0 Å². The van der Waals surface area contributed by atoms with E-state index in [4.69, 9.17) is 5.11 Å². The van der Waals surface area contributed by atoms with Crippen LogP contribution in [-0.2, 0) is 4.79 Å². The first-order valence-electron chi connectivity index (χ1n) is 6.43. The van der Waals surface area contributed by atoms with E-state index < -0.39 is 5.97 Å². The number of hydrogen-bond donors (Lipinski definition) is 2. The monoisotopic (exact) mass is 359 g/mol. The molecular weight excluding hydrogens is 342 g/mol. The Kier molecular flexibility index (Phi) is 7.09. The molecule has 0 aliphatic carbocycles. The third kappa shape index (κ3) is 5.17. The molecule has 4 nitrogen and oxygen atoms in total. The second-order valence-electron chi connectivity index (χ2n) is 4.35. The minimum atomic E-state index is -0.987. The molecule has 0 aromatic heterocycles. The summed E-state index contributed by atoms with van der Waals surface area (Å²) < 4.78 is 0.795. The summed E-state index contributed by atoms with van der Waals surface area (Å²) in [4.78, 5) is 23.7. The number of benzene rings is 1. The molecule has 2 N–H and O–H groups in total. The number of amides is 1. The fourth-order valence-electron chi connectivity index (χ4n) is 1.55. The lowest BCUT2D eigenvalue weighted by atomic mass is 10.2. The van der Waals surface area contributed by atoms with Gasteiger partial charge >= 0.3 is 5.97 Å². The maximum atomic E-state index is 11.9. The van der Waals surface area contributed by atoms with Crippen molar-refractivity contribution in [1.29, 1.82) is 0 Å². The van der Waals surface area contributed by atoms with E-state index in [9.17, 15) is 9.59 Å². The van der Waals surface area contributed by atoms with Crippen molar-refractivity contribution < 1.29 is 14.7 Å². The first-order valence-corrected chi connectivity index (χ1v) is 8.10. The van der Waals surface area contributed by atoms with Crippen molar-refractivity contribution in [3.8, 4) is 0 Å². The largest absolute Gasteiger partial charge is 0.478 e. The molecule has 110 valence electrons. The SMILES string of the molecule is CCCCNC(=O)C(C)Sc1cc(Br)ccc1C(=O)O. The zero-order valence-electron chi connectivity index (χ0n) is 11.5. The summed E-state index contributed by atoms with van der Waals surface area (Å²) in [7, 11) is 0. The Morgan fingerprint density at radius 3 is 2.75 bits per heavy atom. The van der Waals surface area contributed by atoms with Crippen molar-refractivity contribution in [2.45, 2.75) is 36.8 Å². The number of nitrogens with one attached hydrogen (secondary N) is 1. The smallest absolute Gasteiger partial charge is 0.336 e. The van der Waals surface area contributed by atoms with E-state index in [2.05, 4.69) is 28.2 Å². The maximum Gasteiger partial charge on any atom is 0.336 e. The predicted molar refractivity (Wildman–Crippen MR) is 84.3 cm³/mol. The molecule has 0 aliphatic rings. The number of carbonyl (C=O) groups excluding carboxylic acids is 1. The summed E-state index contributed by atoms with van der Waals surface area (Å²) in [5.41, 5.74) is 0.214. The number of hydrogen-bond acceptors (Lipinski definition) is 3. The Hall–Kier alpha value is -1.01. The van der Waals surface area contributed by atoms with Crippen LogP contribution in [-0.4, -0.2) is 28.8 Å². The normalized spacial score (nSPS) is 11.9. The molecule has 1 unspecified atom stereocenters. The highest BCUT2D eigenvalue weighted by Crippen LogP contribution is 2.30. The zero-order valence-corrected chi connectivity index (χ0v) is 13.9. The Morgan fingerprint density at radius 1 is 1.45 bits per heavy atom. The van der Waals surface area contributed by atoms with Crippen LogP contribution in [0.5, 0.6) is 0 Å². The summed E-state index contributed by atoms with van der Waals surface area (Å²) in [6.45, 7) is 4.49. The molecule has 0 spiro atoms. The molecule has 0 saturated heterocycles. The van der Waals surface area contributed by atoms with Gasteiger partial charge in [0.25, 0.3) is 0 Å². The third-order valence-electron chi connectivity index (χ3n) is 2.68. The minimum absolute atomic E-state index is 0.0697. The lowest BCUT2D eigenvalue weighted by molar-refractivity contribution is -0.120. The number of rotatable bonds is 7. The molecule has 0 aliphatic heterocycles. The minimum Gasteiger partial charge on any atom is -0.478 e. The van der Waals surface area contributed by atoms with Crippen LogP contribution in [0.15, 0.2) is 27.6 Å². The van der Waals surface area contributed by atoms with Gasteiger partial charge in [-0.25, -0.2) is 4.79 Å². The van der Waals surface area contributed by atoms with Gasteiger partial charge in [0.2, 0.25) is 5.91 Å². The predicted octanol–water partition coefficient (Wildman–Crippen LogP) is 3.54. The van der Waals surface area contributed by atoms with E-state index in [1.807, 2.05) is 0 Å². The van der Waals surface area contributed by atoms with Crippen molar-refractivity contribution in [2.75, 3.05) is 6.54 Å². The molecule has 1 amide bonds. The second kappa shape index (κ2) is 8.32. The van der Waals surface area contributed by atoms with Gasteiger partial charge in [0, 0.05) is 15.9 Å². The van der Waals surface area contributed by atoms with Crippen molar-refractivity contribution in [1.82, 2.24) is 5.32 Å². The van der Waals surface area contributed by atoms with Crippen molar-refractivity contribution in [3.63, 3.8) is 0 Å². The summed E-state index contributed by atoms with van der Waals surface area (Å²) in [5.74, 6) is -1.06. The molecular formula is C14H18BrNO3S. The molecule has 0 radical (unpaired) electrons. The van der Waals surface area contributed by atoms with Crippen molar-refractivity contribution in [2.24, 2.45) is 0 Å². The number of carbonyl (C=O) groups is 2. The van der Waals surface area contributed by atoms with Gasteiger partial charge in [0.1, 0.15) is 0 Å². The summed E-state index contributed by atoms with van der Waals surface area (Å²) in [5, 5.41) is 11.7. The van der Waals surface area contributed by atoms with E-state index >= 15 is 0 Å². The lowest BCUT2D eigenvalue weighted by Crippen LogP contribution is -2.31. The summed E-state index contributed by atoms with van der Waals surface area (Å²) in [6.07, 6.45) is 1.97. The lowest BCUT2D eigenvalue weighted by Gasteiger charge is -2.13. The maximum absolute atomic E-state index is 11.9.